The third kappa shape index (κ3) is 6.28. The Hall–Kier alpha value is -0.120. The Morgan fingerprint density at radius 2 is 1.36 bits per heavy atom. The highest BCUT2D eigenvalue weighted by atomic mass is 16.5. The van der Waals surface area contributed by atoms with Crippen LogP contribution < -0.4 is 5.32 Å². The predicted molar refractivity (Wildman–Crippen MR) is 45.3 cm³/mol. The van der Waals surface area contributed by atoms with E-state index in [2.05, 4.69) is 5.32 Å². The van der Waals surface area contributed by atoms with Gasteiger partial charge in [0.2, 0.25) is 0 Å². The van der Waals surface area contributed by atoms with Crippen LogP contribution in [0, 0.1) is 0 Å². The molecule has 0 bridgehead atoms. The fourth-order valence-electron chi connectivity index (χ4n) is 0.927. The molecule has 68 valence electrons. The smallest absolute Gasteiger partial charge is 0.107 e. The average molecular weight is 161 g/mol. The van der Waals surface area contributed by atoms with Gasteiger partial charge in [-0.05, 0) is 27.7 Å². The molecule has 0 spiro atoms. The molecule has 11 heavy (non-hydrogen) atoms. The van der Waals surface area contributed by atoms with Crippen LogP contribution in [0.3, 0.4) is 0 Å². The van der Waals surface area contributed by atoms with E-state index in [0.29, 0.717) is 0 Å². The molecule has 0 saturated carbocycles. The Kier molecular flexibility index (Phi) is 6.51. The van der Waals surface area contributed by atoms with Gasteiger partial charge >= 0.3 is 0 Å². The van der Waals surface area contributed by atoms with Crippen molar-refractivity contribution in [1.29, 1.82) is 0 Å². The minimum Gasteiger partial charge on any atom is -0.364 e. The number of ether oxygens (including phenoxy) is 2. The minimum absolute atomic E-state index is 0.0709. The maximum absolute atomic E-state index is 5.27. The Labute approximate surface area is 69.1 Å². The molecule has 0 aliphatic heterocycles. The van der Waals surface area contributed by atoms with E-state index in [1.165, 1.54) is 0 Å². The molecule has 0 aromatic heterocycles. The molecule has 0 aromatic carbocycles. The first-order valence-electron chi connectivity index (χ1n) is 4.20. The summed E-state index contributed by atoms with van der Waals surface area (Å²) in [6, 6.07) is 0. The molecular formula is C8H19NO2. The lowest BCUT2D eigenvalue weighted by atomic mass is 10.5. The van der Waals surface area contributed by atoms with Crippen molar-refractivity contribution in [2.75, 3.05) is 13.2 Å². The van der Waals surface area contributed by atoms with E-state index in [1.54, 1.807) is 0 Å². The van der Waals surface area contributed by atoms with Gasteiger partial charge in [-0.3, -0.25) is 5.32 Å². The molecule has 2 unspecified atom stereocenters. The summed E-state index contributed by atoms with van der Waals surface area (Å²) in [6.07, 6.45) is 0.142. The van der Waals surface area contributed by atoms with Gasteiger partial charge in [0.05, 0.1) is 0 Å². The highest BCUT2D eigenvalue weighted by molar-refractivity contribution is 4.49. The third-order valence-electron chi connectivity index (χ3n) is 1.30. The number of hydrogen-bond donors (Lipinski definition) is 1. The monoisotopic (exact) mass is 161 g/mol. The molecule has 0 fully saturated rings. The second kappa shape index (κ2) is 6.58. The van der Waals surface area contributed by atoms with Crippen LogP contribution in [0.5, 0.6) is 0 Å². The lowest BCUT2D eigenvalue weighted by Crippen LogP contribution is -2.37. The molecule has 0 heterocycles. The van der Waals surface area contributed by atoms with Gasteiger partial charge < -0.3 is 9.47 Å². The first kappa shape index (κ1) is 10.9. The summed E-state index contributed by atoms with van der Waals surface area (Å²) >= 11 is 0. The molecule has 0 saturated heterocycles. The van der Waals surface area contributed by atoms with Gasteiger partial charge in [0, 0.05) is 13.2 Å². The highest BCUT2D eigenvalue weighted by Gasteiger charge is 2.04. The van der Waals surface area contributed by atoms with Gasteiger partial charge in [-0.15, -0.1) is 0 Å². The van der Waals surface area contributed by atoms with Crippen molar-refractivity contribution in [3.8, 4) is 0 Å². The van der Waals surface area contributed by atoms with E-state index in [9.17, 15) is 0 Å². The summed E-state index contributed by atoms with van der Waals surface area (Å²) in [6.45, 7) is 9.35. The van der Waals surface area contributed by atoms with Crippen LogP contribution in [0.15, 0.2) is 0 Å². The van der Waals surface area contributed by atoms with Crippen LogP contribution in [0.1, 0.15) is 27.7 Å². The molecule has 0 rings (SSSR count). The van der Waals surface area contributed by atoms with Crippen LogP contribution in [0.2, 0.25) is 0 Å². The quantitative estimate of drug-likeness (QED) is 0.596. The SMILES string of the molecule is CCOC(C)NC(C)OCC. The molecule has 0 aliphatic carbocycles. The molecule has 0 radical (unpaired) electrons. The van der Waals surface area contributed by atoms with E-state index >= 15 is 0 Å². The van der Waals surface area contributed by atoms with Crippen molar-refractivity contribution < 1.29 is 9.47 Å². The van der Waals surface area contributed by atoms with Gasteiger partial charge in [0.15, 0.2) is 0 Å². The van der Waals surface area contributed by atoms with Crippen LogP contribution in [0.4, 0.5) is 0 Å². The molecule has 1 N–H and O–H groups in total. The summed E-state index contributed by atoms with van der Waals surface area (Å²) in [7, 11) is 0. The second-order valence-electron chi connectivity index (χ2n) is 2.36. The van der Waals surface area contributed by atoms with Crippen molar-refractivity contribution in [3.05, 3.63) is 0 Å². The zero-order chi connectivity index (χ0) is 8.69. The van der Waals surface area contributed by atoms with Crippen molar-refractivity contribution in [2.24, 2.45) is 0 Å². The molecule has 2 atom stereocenters. The van der Waals surface area contributed by atoms with Gasteiger partial charge in [-0.2, -0.15) is 0 Å². The third-order valence-corrected chi connectivity index (χ3v) is 1.30. The van der Waals surface area contributed by atoms with Crippen LogP contribution >= 0.6 is 0 Å². The van der Waals surface area contributed by atoms with Crippen LogP contribution in [-0.4, -0.2) is 25.7 Å². The summed E-state index contributed by atoms with van der Waals surface area (Å²) in [5, 5.41) is 3.14. The van der Waals surface area contributed by atoms with Crippen LogP contribution in [0.25, 0.3) is 0 Å². The largest absolute Gasteiger partial charge is 0.364 e. The maximum Gasteiger partial charge on any atom is 0.107 e. The lowest BCUT2D eigenvalue weighted by molar-refractivity contribution is -0.0233. The molecule has 0 aromatic rings. The lowest BCUT2D eigenvalue weighted by Gasteiger charge is -2.19. The van der Waals surface area contributed by atoms with E-state index in [-0.39, 0.29) is 12.5 Å². The van der Waals surface area contributed by atoms with E-state index in [1.807, 2.05) is 27.7 Å². The Morgan fingerprint density at radius 1 is 1.00 bits per heavy atom. The average Bonchev–Trinajstić information content (AvgIpc) is 1.87. The standard InChI is InChI=1S/C8H19NO2/c1-5-10-7(3)9-8(4)11-6-2/h7-9H,5-6H2,1-4H3. The van der Waals surface area contributed by atoms with Crippen molar-refractivity contribution in [2.45, 2.75) is 40.2 Å². The van der Waals surface area contributed by atoms with E-state index in [0.717, 1.165) is 13.2 Å². The zero-order valence-corrected chi connectivity index (χ0v) is 7.89. The summed E-state index contributed by atoms with van der Waals surface area (Å²) in [5.74, 6) is 0. The second-order valence-corrected chi connectivity index (χ2v) is 2.36. The first-order chi connectivity index (χ1) is 5.20. The van der Waals surface area contributed by atoms with Gasteiger partial charge in [-0.25, -0.2) is 0 Å². The first-order valence-corrected chi connectivity index (χ1v) is 4.20. The number of nitrogens with one attached hydrogen (secondary N) is 1. The molecule has 3 heteroatoms. The number of rotatable bonds is 6. The zero-order valence-electron chi connectivity index (χ0n) is 7.89. The summed E-state index contributed by atoms with van der Waals surface area (Å²) < 4.78 is 10.5. The summed E-state index contributed by atoms with van der Waals surface area (Å²) in [5.41, 5.74) is 0. The van der Waals surface area contributed by atoms with Gasteiger partial charge in [0.25, 0.3) is 0 Å². The Morgan fingerprint density at radius 3 is 1.64 bits per heavy atom. The normalized spacial score (nSPS) is 16.4. The number of hydrogen-bond acceptors (Lipinski definition) is 3. The molecule has 3 nitrogen and oxygen atoms in total. The fourth-order valence-corrected chi connectivity index (χ4v) is 0.927. The molecule has 0 aliphatic rings. The molecule has 0 amide bonds. The highest BCUT2D eigenvalue weighted by Crippen LogP contribution is 1.90. The van der Waals surface area contributed by atoms with Crippen molar-refractivity contribution in [1.82, 2.24) is 5.32 Å². The van der Waals surface area contributed by atoms with Gasteiger partial charge in [-0.1, -0.05) is 0 Å². The Bertz CT molecular complexity index is 78.2. The van der Waals surface area contributed by atoms with Crippen molar-refractivity contribution >= 4 is 0 Å². The van der Waals surface area contributed by atoms with Crippen LogP contribution in [-0.2, 0) is 9.47 Å². The van der Waals surface area contributed by atoms with E-state index < -0.39 is 0 Å². The fraction of sp³-hybridized carbons (Fsp3) is 1.00. The predicted octanol–water partition coefficient (Wildman–Crippen LogP) is 1.34. The molecular weight excluding hydrogens is 142 g/mol. The van der Waals surface area contributed by atoms with Gasteiger partial charge in [0.1, 0.15) is 12.5 Å². The van der Waals surface area contributed by atoms with E-state index in [4.69, 9.17) is 9.47 Å². The Balaban J connectivity index is 3.32. The minimum atomic E-state index is 0.0709. The van der Waals surface area contributed by atoms with Crippen molar-refractivity contribution in [3.63, 3.8) is 0 Å². The summed E-state index contributed by atoms with van der Waals surface area (Å²) in [4.78, 5) is 0. The topological polar surface area (TPSA) is 30.5 Å². The maximum atomic E-state index is 5.27.